The van der Waals surface area contributed by atoms with E-state index in [1.54, 1.807) is 6.20 Å². The summed E-state index contributed by atoms with van der Waals surface area (Å²) in [6.45, 7) is 7.08. The maximum Gasteiger partial charge on any atom is 0.125 e. The van der Waals surface area contributed by atoms with Crippen molar-refractivity contribution >= 4 is 5.69 Å². The molecule has 2 aromatic carbocycles. The molecule has 1 aliphatic heterocycles. The fourth-order valence-corrected chi connectivity index (χ4v) is 3.34. The van der Waals surface area contributed by atoms with Gasteiger partial charge >= 0.3 is 0 Å². The van der Waals surface area contributed by atoms with E-state index in [1.165, 1.54) is 43.6 Å². The van der Waals surface area contributed by atoms with Gasteiger partial charge in [0.15, 0.2) is 0 Å². The van der Waals surface area contributed by atoms with Gasteiger partial charge in [-0.3, -0.25) is 0 Å². The third-order valence-corrected chi connectivity index (χ3v) is 5.02. The van der Waals surface area contributed by atoms with Crippen LogP contribution in [0.1, 0.15) is 43.6 Å². The van der Waals surface area contributed by atoms with Crippen LogP contribution in [0.2, 0.25) is 0 Å². The van der Waals surface area contributed by atoms with Gasteiger partial charge in [0.05, 0.1) is 5.69 Å². The quantitative estimate of drug-likeness (QED) is 0.638. The van der Waals surface area contributed by atoms with Gasteiger partial charge in [-0.05, 0) is 56.9 Å². The average Bonchev–Trinajstić information content (AvgIpc) is 2.75. The summed E-state index contributed by atoms with van der Waals surface area (Å²) >= 11 is 0. The molecule has 4 heteroatoms. The number of nitrogens with two attached hydrogens (primary N) is 1. The van der Waals surface area contributed by atoms with Crippen molar-refractivity contribution in [3.8, 4) is 11.3 Å². The number of piperidine rings is 1. The zero-order chi connectivity index (χ0) is 19.8. The van der Waals surface area contributed by atoms with Crippen molar-refractivity contribution in [2.75, 3.05) is 18.0 Å². The number of benzene rings is 2. The highest BCUT2D eigenvalue weighted by Crippen LogP contribution is 2.20. The van der Waals surface area contributed by atoms with Gasteiger partial charge in [-0.2, -0.15) is 0 Å². The van der Waals surface area contributed by atoms with Crippen LogP contribution in [-0.4, -0.2) is 23.1 Å². The molecule has 1 fully saturated rings. The van der Waals surface area contributed by atoms with Gasteiger partial charge in [-0.15, -0.1) is 0 Å². The summed E-state index contributed by atoms with van der Waals surface area (Å²) in [6, 6.07) is 18.9. The molecule has 2 N–H and O–H groups in total. The minimum Gasteiger partial charge on any atom is -0.372 e. The van der Waals surface area contributed by atoms with E-state index in [1.807, 2.05) is 37.3 Å². The zero-order valence-electron chi connectivity index (χ0n) is 16.9. The van der Waals surface area contributed by atoms with Crippen LogP contribution in [-0.2, 0) is 6.54 Å². The first-order valence-corrected chi connectivity index (χ1v) is 10.1. The molecule has 1 aliphatic rings. The van der Waals surface area contributed by atoms with Crippen molar-refractivity contribution in [3.05, 3.63) is 77.7 Å². The van der Waals surface area contributed by atoms with Crippen LogP contribution in [0.15, 0.2) is 60.8 Å². The smallest absolute Gasteiger partial charge is 0.125 e. The fourth-order valence-electron chi connectivity index (χ4n) is 3.34. The predicted octanol–water partition coefficient (Wildman–Crippen LogP) is 5.53. The topological polar surface area (TPSA) is 55.0 Å². The third kappa shape index (κ3) is 6.68. The number of aryl methyl sites for hydroxylation is 2. The normalized spacial score (nSPS) is 13.1. The Morgan fingerprint density at radius 3 is 2.10 bits per heavy atom. The molecule has 0 unspecified atom stereocenters. The fraction of sp³-hybridized carbons (Fsp3) is 0.360. The standard InChI is InChI=1S/C12H13N3.C12H17N.CH4/c1-9-14-7-6-12(15-9)11-4-2-10(8-13)3-5-11;1-11-5-7-12(8-6-11)13-9-3-2-4-10-13;/h2-7H,8,13H2,1H3;5-8H,2-4,9-10H2,1H3;1H4. The summed E-state index contributed by atoms with van der Waals surface area (Å²) in [6.07, 6.45) is 5.89. The second kappa shape index (κ2) is 11.3. The molecular weight excluding hydrogens is 356 g/mol. The summed E-state index contributed by atoms with van der Waals surface area (Å²) in [5.41, 5.74) is 11.5. The lowest BCUT2D eigenvalue weighted by molar-refractivity contribution is 0.578. The van der Waals surface area contributed by atoms with Crippen molar-refractivity contribution in [3.63, 3.8) is 0 Å². The van der Waals surface area contributed by atoms with Gasteiger partial charge in [0, 0.05) is 37.1 Å². The summed E-state index contributed by atoms with van der Waals surface area (Å²) in [7, 11) is 0. The number of aromatic nitrogens is 2. The van der Waals surface area contributed by atoms with Crippen molar-refractivity contribution in [2.45, 2.75) is 47.1 Å². The maximum absolute atomic E-state index is 5.54. The van der Waals surface area contributed by atoms with Gasteiger partial charge in [-0.25, -0.2) is 9.97 Å². The van der Waals surface area contributed by atoms with Crippen LogP contribution in [0.25, 0.3) is 11.3 Å². The first-order chi connectivity index (χ1) is 13.7. The monoisotopic (exact) mass is 390 g/mol. The third-order valence-electron chi connectivity index (χ3n) is 5.02. The summed E-state index contributed by atoms with van der Waals surface area (Å²) in [4.78, 5) is 10.9. The minimum atomic E-state index is 0. The van der Waals surface area contributed by atoms with E-state index in [-0.39, 0.29) is 7.43 Å². The molecule has 3 aromatic rings. The molecule has 1 aromatic heterocycles. The first-order valence-electron chi connectivity index (χ1n) is 10.1. The lowest BCUT2D eigenvalue weighted by atomic mass is 10.1. The Morgan fingerprint density at radius 1 is 0.862 bits per heavy atom. The molecule has 4 nitrogen and oxygen atoms in total. The number of hydrogen-bond donors (Lipinski definition) is 1. The highest BCUT2D eigenvalue weighted by Gasteiger charge is 2.09. The van der Waals surface area contributed by atoms with E-state index in [0.717, 1.165) is 22.6 Å². The molecule has 2 heterocycles. The van der Waals surface area contributed by atoms with E-state index in [2.05, 4.69) is 46.1 Å². The van der Waals surface area contributed by atoms with Gasteiger partial charge in [0.25, 0.3) is 0 Å². The molecule has 0 spiro atoms. The molecule has 0 aliphatic carbocycles. The molecule has 0 radical (unpaired) electrons. The Morgan fingerprint density at radius 2 is 1.52 bits per heavy atom. The van der Waals surface area contributed by atoms with Crippen molar-refractivity contribution in [1.82, 2.24) is 9.97 Å². The van der Waals surface area contributed by atoms with E-state index in [4.69, 9.17) is 5.73 Å². The maximum atomic E-state index is 5.54. The van der Waals surface area contributed by atoms with Gasteiger partial charge in [0.2, 0.25) is 0 Å². The molecule has 1 saturated heterocycles. The Hall–Kier alpha value is -2.72. The molecular formula is C25H34N4. The molecule has 0 bridgehead atoms. The second-order valence-corrected chi connectivity index (χ2v) is 7.27. The zero-order valence-corrected chi connectivity index (χ0v) is 16.9. The van der Waals surface area contributed by atoms with Crippen LogP contribution in [0.5, 0.6) is 0 Å². The van der Waals surface area contributed by atoms with E-state index < -0.39 is 0 Å². The van der Waals surface area contributed by atoms with Crippen LogP contribution >= 0.6 is 0 Å². The van der Waals surface area contributed by atoms with Gasteiger partial charge < -0.3 is 10.6 Å². The Balaban J connectivity index is 0.000000202. The Kier molecular flexibility index (Phi) is 8.81. The Bertz CT molecular complexity index is 851. The Labute approximate surface area is 175 Å². The van der Waals surface area contributed by atoms with Crippen molar-refractivity contribution in [2.24, 2.45) is 5.73 Å². The predicted molar refractivity (Wildman–Crippen MR) is 124 cm³/mol. The van der Waals surface area contributed by atoms with Crippen LogP contribution in [0.4, 0.5) is 5.69 Å². The van der Waals surface area contributed by atoms with Crippen molar-refractivity contribution in [1.29, 1.82) is 0 Å². The SMILES string of the molecule is C.Cc1ccc(N2CCCCC2)cc1.Cc1nccc(-c2ccc(CN)cc2)n1. The molecule has 29 heavy (non-hydrogen) atoms. The highest BCUT2D eigenvalue weighted by atomic mass is 15.1. The molecule has 4 rings (SSSR count). The highest BCUT2D eigenvalue weighted by molar-refractivity contribution is 5.58. The largest absolute Gasteiger partial charge is 0.372 e. The number of nitrogens with zero attached hydrogens (tertiary/aromatic N) is 3. The van der Waals surface area contributed by atoms with Crippen LogP contribution in [0.3, 0.4) is 0 Å². The summed E-state index contributed by atoms with van der Waals surface area (Å²) in [5.74, 6) is 0.787. The number of anilines is 1. The van der Waals surface area contributed by atoms with E-state index in [0.29, 0.717) is 6.54 Å². The van der Waals surface area contributed by atoms with Crippen LogP contribution in [0, 0.1) is 13.8 Å². The molecule has 0 atom stereocenters. The van der Waals surface area contributed by atoms with Crippen molar-refractivity contribution < 1.29 is 0 Å². The first kappa shape index (κ1) is 22.6. The van der Waals surface area contributed by atoms with Crippen LogP contribution < -0.4 is 10.6 Å². The average molecular weight is 391 g/mol. The summed E-state index contributed by atoms with van der Waals surface area (Å²) < 4.78 is 0. The number of hydrogen-bond acceptors (Lipinski definition) is 4. The molecule has 0 amide bonds. The summed E-state index contributed by atoms with van der Waals surface area (Å²) in [5, 5.41) is 0. The minimum absolute atomic E-state index is 0. The van der Waals surface area contributed by atoms with E-state index in [9.17, 15) is 0 Å². The van der Waals surface area contributed by atoms with Gasteiger partial charge in [-0.1, -0.05) is 49.4 Å². The molecule has 0 saturated carbocycles. The lowest BCUT2D eigenvalue weighted by Gasteiger charge is -2.28. The number of rotatable bonds is 3. The lowest BCUT2D eigenvalue weighted by Crippen LogP contribution is -2.29. The second-order valence-electron chi connectivity index (χ2n) is 7.27. The van der Waals surface area contributed by atoms with Gasteiger partial charge in [0.1, 0.15) is 5.82 Å². The van der Waals surface area contributed by atoms with E-state index >= 15 is 0 Å². The molecule has 154 valence electrons.